The number of hydrogen-bond acceptors (Lipinski definition) is 0. The maximum Gasteiger partial charge on any atom is 0.365 e. The third kappa shape index (κ3) is 1.83. The molecule has 3 aromatic carbocycles. The molecule has 1 heteroatoms. The van der Waals surface area contributed by atoms with Crippen LogP contribution in [0.1, 0.15) is 22.3 Å². The van der Waals surface area contributed by atoms with E-state index in [0.717, 1.165) is 24.4 Å². The van der Waals surface area contributed by atoms with Crippen LogP contribution in [0.5, 0.6) is 0 Å². The Hall–Kier alpha value is -3.19. The molecule has 0 saturated carbocycles. The number of rotatable bonds is 1. The molecule has 0 unspecified atom stereocenters. The molecule has 0 atom stereocenters. The number of benzene rings is 3. The van der Waals surface area contributed by atoms with Crippen LogP contribution in [-0.2, 0) is 12.8 Å². The van der Waals surface area contributed by atoms with Crippen molar-refractivity contribution in [3.05, 3.63) is 101 Å². The minimum atomic E-state index is 0.947. The van der Waals surface area contributed by atoms with Crippen LogP contribution in [0.15, 0.2) is 83.3 Å². The van der Waals surface area contributed by atoms with Gasteiger partial charge in [0.2, 0.25) is 0 Å². The predicted molar refractivity (Wildman–Crippen MR) is 105 cm³/mol. The molecule has 0 N–H and O–H groups in total. The van der Waals surface area contributed by atoms with Gasteiger partial charge >= 0.3 is 11.5 Å². The van der Waals surface area contributed by atoms with Crippen LogP contribution in [0.4, 0.5) is 0 Å². The highest BCUT2D eigenvalue weighted by atomic mass is 16.3. The summed E-state index contributed by atoms with van der Waals surface area (Å²) in [7, 11) is 0. The standard InChI is InChI=1S/C25H17O/c1-2-8-16(9-3-1)23-21-14-17-10-4-6-12-19(17)24(21)26-25-20-13-7-5-11-18(20)15-22(23)25/h1-13H,14-15H2/q+1. The first-order chi connectivity index (χ1) is 12.9. The normalized spacial score (nSPS) is 13.1. The maximum atomic E-state index is 6.58. The molecule has 0 spiro atoms. The summed E-state index contributed by atoms with van der Waals surface area (Å²) in [5.74, 6) is 2.10. The van der Waals surface area contributed by atoms with Gasteiger partial charge in [0.1, 0.15) is 0 Å². The van der Waals surface area contributed by atoms with Gasteiger partial charge in [-0.2, -0.15) is 0 Å². The molecule has 0 bridgehead atoms. The maximum absolute atomic E-state index is 6.58. The molecule has 1 aromatic heterocycles. The first-order valence-electron chi connectivity index (χ1n) is 9.14. The van der Waals surface area contributed by atoms with Crippen molar-refractivity contribution in [1.29, 1.82) is 0 Å². The van der Waals surface area contributed by atoms with E-state index in [9.17, 15) is 0 Å². The highest BCUT2D eigenvalue weighted by Crippen LogP contribution is 2.50. The van der Waals surface area contributed by atoms with E-state index in [1.165, 1.54) is 44.5 Å². The van der Waals surface area contributed by atoms with Crippen molar-refractivity contribution in [1.82, 2.24) is 0 Å². The van der Waals surface area contributed by atoms with Gasteiger partial charge in [-0.1, -0.05) is 66.7 Å². The topological polar surface area (TPSA) is 11.3 Å². The second-order valence-electron chi connectivity index (χ2n) is 7.13. The largest absolute Gasteiger partial charge is 0.365 e. The zero-order valence-corrected chi connectivity index (χ0v) is 14.3. The second kappa shape index (κ2) is 5.15. The summed E-state index contributed by atoms with van der Waals surface area (Å²) >= 11 is 0. The molecule has 2 aliphatic rings. The van der Waals surface area contributed by atoms with Gasteiger partial charge in [0.15, 0.2) is 0 Å². The van der Waals surface area contributed by atoms with Crippen molar-refractivity contribution in [3.8, 4) is 33.8 Å². The van der Waals surface area contributed by atoms with Crippen LogP contribution in [0.3, 0.4) is 0 Å². The zero-order valence-electron chi connectivity index (χ0n) is 14.3. The van der Waals surface area contributed by atoms with Crippen LogP contribution >= 0.6 is 0 Å². The van der Waals surface area contributed by atoms with E-state index in [1.807, 2.05) is 0 Å². The Kier molecular flexibility index (Phi) is 2.78. The first-order valence-corrected chi connectivity index (χ1v) is 9.14. The minimum Gasteiger partial charge on any atom is -0.206 e. The molecule has 0 amide bonds. The second-order valence-corrected chi connectivity index (χ2v) is 7.13. The van der Waals surface area contributed by atoms with Crippen LogP contribution in [0, 0.1) is 0 Å². The van der Waals surface area contributed by atoms with Crippen LogP contribution in [0.2, 0.25) is 0 Å². The summed E-state index contributed by atoms with van der Waals surface area (Å²) in [6.45, 7) is 0. The Morgan fingerprint density at radius 1 is 0.538 bits per heavy atom. The summed E-state index contributed by atoms with van der Waals surface area (Å²) in [4.78, 5) is 0. The third-order valence-electron chi connectivity index (χ3n) is 5.68. The van der Waals surface area contributed by atoms with Crippen molar-refractivity contribution in [2.45, 2.75) is 12.8 Å². The van der Waals surface area contributed by atoms with Crippen molar-refractivity contribution < 1.29 is 4.42 Å². The lowest BCUT2D eigenvalue weighted by molar-refractivity contribution is 0.579. The summed E-state index contributed by atoms with van der Waals surface area (Å²) in [5.41, 5.74) is 10.5. The predicted octanol–water partition coefficient (Wildman–Crippen LogP) is 6.37. The van der Waals surface area contributed by atoms with Gasteiger partial charge in [-0.3, -0.25) is 0 Å². The fourth-order valence-electron chi connectivity index (χ4n) is 4.53. The van der Waals surface area contributed by atoms with Gasteiger partial charge in [-0.25, -0.2) is 4.42 Å². The number of hydrogen-bond donors (Lipinski definition) is 0. The molecule has 1 heterocycles. The van der Waals surface area contributed by atoms with E-state index >= 15 is 0 Å². The molecule has 26 heavy (non-hydrogen) atoms. The average Bonchev–Trinajstić information content (AvgIpc) is 3.25. The monoisotopic (exact) mass is 333 g/mol. The average molecular weight is 333 g/mol. The molecule has 0 saturated heterocycles. The molecular weight excluding hydrogens is 316 g/mol. The first kappa shape index (κ1) is 14.0. The van der Waals surface area contributed by atoms with Gasteiger partial charge in [0.25, 0.3) is 0 Å². The van der Waals surface area contributed by atoms with Crippen LogP contribution < -0.4 is 0 Å². The van der Waals surface area contributed by atoms with E-state index < -0.39 is 0 Å². The molecule has 0 radical (unpaired) electrons. The Labute approximate surface area is 152 Å². The van der Waals surface area contributed by atoms with Crippen molar-refractivity contribution >= 4 is 0 Å². The van der Waals surface area contributed by atoms with Gasteiger partial charge in [0.05, 0.1) is 22.3 Å². The molecule has 2 aliphatic carbocycles. The molecule has 6 rings (SSSR count). The zero-order chi connectivity index (χ0) is 17.1. The highest BCUT2D eigenvalue weighted by Gasteiger charge is 2.40. The third-order valence-corrected chi connectivity index (χ3v) is 5.68. The molecule has 0 fully saturated rings. The van der Waals surface area contributed by atoms with Gasteiger partial charge < -0.3 is 0 Å². The Morgan fingerprint density at radius 3 is 1.62 bits per heavy atom. The lowest BCUT2D eigenvalue weighted by atomic mass is 9.93. The molecule has 1 nitrogen and oxygen atoms in total. The lowest BCUT2D eigenvalue weighted by Gasteiger charge is -2.08. The quantitative estimate of drug-likeness (QED) is 0.318. The Bertz CT molecular complexity index is 1100. The Morgan fingerprint density at radius 2 is 1.04 bits per heavy atom. The van der Waals surface area contributed by atoms with Crippen molar-refractivity contribution in [2.75, 3.05) is 0 Å². The minimum absolute atomic E-state index is 0.947. The smallest absolute Gasteiger partial charge is 0.206 e. The molecule has 4 aromatic rings. The van der Waals surface area contributed by atoms with Crippen molar-refractivity contribution in [3.63, 3.8) is 0 Å². The Balaban J connectivity index is 1.72. The summed E-state index contributed by atoms with van der Waals surface area (Å²) in [6, 6.07) is 28.1. The molecule has 122 valence electrons. The van der Waals surface area contributed by atoms with E-state index in [0.29, 0.717) is 0 Å². The van der Waals surface area contributed by atoms with Crippen LogP contribution in [0.25, 0.3) is 33.8 Å². The van der Waals surface area contributed by atoms with Crippen molar-refractivity contribution in [2.24, 2.45) is 0 Å². The molecular formula is C25H17O+. The summed E-state index contributed by atoms with van der Waals surface area (Å²) in [6.07, 6.45) is 1.89. The summed E-state index contributed by atoms with van der Waals surface area (Å²) < 4.78 is 6.58. The van der Waals surface area contributed by atoms with E-state index in [-0.39, 0.29) is 0 Å². The fraction of sp³-hybridized carbons (Fsp3) is 0.0800. The molecule has 0 aliphatic heterocycles. The SMILES string of the molecule is c1ccc(-c2c3c([o+]c4c2Cc2ccccc2-4)-c2ccccc2C3)cc1. The fourth-order valence-corrected chi connectivity index (χ4v) is 4.53. The van der Waals surface area contributed by atoms with E-state index in [1.54, 1.807) is 0 Å². The van der Waals surface area contributed by atoms with E-state index in [4.69, 9.17) is 4.42 Å². The summed E-state index contributed by atoms with van der Waals surface area (Å²) in [5, 5.41) is 0. The van der Waals surface area contributed by atoms with Crippen LogP contribution in [-0.4, -0.2) is 0 Å². The number of fused-ring (bicyclic) bond motifs is 6. The lowest BCUT2D eigenvalue weighted by Crippen LogP contribution is -1.95. The van der Waals surface area contributed by atoms with Gasteiger partial charge in [-0.15, -0.1) is 0 Å². The van der Waals surface area contributed by atoms with Gasteiger partial charge in [0, 0.05) is 18.4 Å². The van der Waals surface area contributed by atoms with Gasteiger partial charge in [-0.05, 0) is 28.8 Å². The van der Waals surface area contributed by atoms with E-state index in [2.05, 4.69) is 78.9 Å². The highest BCUT2D eigenvalue weighted by molar-refractivity contribution is 5.89.